The number of benzene rings is 1. The Morgan fingerprint density at radius 1 is 1.33 bits per heavy atom. The molecule has 0 spiro atoms. The van der Waals surface area contributed by atoms with Gasteiger partial charge >= 0.3 is 0 Å². The van der Waals surface area contributed by atoms with Gasteiger partial charge in [0.25, 0.3) is 0 Å². The van der Waals surface area contributed by atoms with E-state index in [2.05, 4.69) is 46.1 Å². The molecule has 0 saturated carbocycles. The number of rotatable bonds is 4. The minimum absolute atomic E-state index is 0.779. The lowest BCUT2D eigenvalue weighted by Gasteiger charge is -2.13. The monoisotopic (exact) mass is 244 g/mol. The zero-order valence-electron chi connectivity index (χ0n) is 11.4. The maximum absolute atomic E-state index is 4.39. The first kappa shape index (κ1) is 12.5. The molecule has 4 nitrogen and oxygen atoms in total. The first-order valence-corrected chi connectivity index (χ1v) is 6.06. The third kappa shape index (κ3) is 2.64. The average Bonchev–Trinajstić information content (AvgIpc) is 2.68. The Balaban J connectivity index is 2.07. The normalized spacial score (nSPS) is 10.4. The predicted octanol–water partition coefficient (Wildman–Crippen LogP) is 2.41. The highest BCUT2D eigenvalue weighted by Gasteiger charge is 2.07. The first-order chi connectivity index (χ1) is 8.58. The molecule has 1 heterocycles. The second kappa shape index (κ2) is 5.12. The van der Waals surface area contributed by atoms with Gasteiger partial charge in [-0.2, -0.15) is 0 Å². The number of anilines is 2. The first-order valence-electron chi connectivity index (χ1n) is 6.06. The minimum Gasteiger partial charge on any atom is -0.379 e. The van der Waals surface area contributed by atoms with E-state index in [0.29, 0.717) is 0 Å². The number of nitrogens with zero attached hydrogens (tertiary/aromatic N) is 3. The summed E-state index contributed by atoms with van der Waals surface area (Å²) in [6, 6.07) is 8.38. The van der Waals surface area contributed by atoms with Gasteiger partial charge in [-0.3, -0.25) is 0 Å². The molecule has 0 atom stereocenters. The van der Waals surface area contributed by atoms with Crippen LogP contribution in [0, 0.1) is 6.92 Å². The van der Waals surface area contributed by atoms with Gasteiger partial charge in [0, 0.05) is 26.8 Å². The van der Waals surface area contributed by atoms with E-state index in [1.54, 1.807) is 0 Å². The average molecular weight is 244 g/mol. The molecule has 2 rings (SSSR count). The van der Waals surface area contributed by atoms with E-state index in [9.17, 15) is 0 Å². The van der Waals surface area contributed by atoms with Crippen molar-refractivity contribution >= 4 is 11.6 Å². The van der Waals surface area contributed by atoms with Crippen LogP contribution in [-0.2, 0) is 13.6 Å². The molecule has 0 aliphatic rings. The van der Waals surface area contributed by atoms with E-state index in [-0.39, 0.29) is 0 Å². The summed E-state index contributed by atoms with van der Waals surface area (Å²) in [4.78, 5) is 6.40. The van der Waals surface area contributed by atoms with Crippen molar-refractivity contribution in [3.05, 3.63) is 41.7 Å². The van der Waals surface area contributed by atoms with E-state index in [1.165, 1.54) is 11.3 Å². The summed E-state index contributed by atoms with van der Waals surface area (Å²) in [6.07, 6.45) is 1.91. The SMILES string of the molecule is Cc1cccc(NCc2cnc(N(C)C)n2C)c1. The van der Waals surface area contributed by atoms with Crippen LogP contribution in [0.4, 0.5) is 11.6 Å². The van der Waals surface area contributed by atoms with Crippen LogP contribution in [-0.4, -0.2) is 23.6 Å². The minimum atomic E-state index is 0.779. The summed E-state index contributed by atoms with van der Waals surface area (Å²) in [5.74, 6) is 0.969. The van der Waals surface area contributed by atoms with Crippen LogP contribution in [0.5, 0.6) is 0 Å². The number of hydrogen-bond acceptors (Lipinski definition) is 3. The molecule has 0 fully saturated rings. The zero-order chi connectivity index (χ0) is 13.1. The molecular weight excluding hydrogens is 224 g/mol. The molecule has 0 saturated heterocycles. The topological polar surface area (TPSA) is 33.1 Å². The van der Waals surface area contributed by atoms with Crippen LogP contribution >= 0.6 is 0 Å². The lowest BCUT2D eigenvalue weighted by atomic mass is 10.2. The van der Waals surface area contributed by atoms with Gasteiger partial charge in [-0.05, 0) is 24.6 Å². The second-order valence-corrected chi connectivity index (χ2v) is 4.73. The fourth-order valence-corrected chi connectivity index (χ4v) is 1.96. The molecular formula is C14H20N4. The molecule has 1 aromatic heterocycles. The third-order valence-electron chi connectivity index (χ3n) is 2.95. The lowest BCUT2D eigenvalue weighted by molar-refractivity contribution is 0.814. The van der Waals surface area contributed by atoms with Crippen LogP contribution in [0.2, 0.25) is 0 Å². The Kier molecular flexibility index (Phi) is 3.55. The van der Waals surface area contributed by atoms with Crippen molar-refractivity contribution in [3.63, 3.8) is 0 Å². The molecule has 1 aromatic carbocycles. The molecule has 96 valence electrons. The predicted molar refractivity (Wildman–Crippen MR) is 76.0 cm³/mol. The standard InChI is InChI=1S/C14H20N4/c1-11-6-5-7-12(8-11)15-9-13-10-16-14(17(2)3)18(13)4/h5-8,10,15H,9H2,1-4H3. The smallest absolute Gasteiger partial charge is 0.204 e. The van der Waals surface area contributed by atoms with Crippen LogP contribution in [0.3, 0.4) is 0 Å². The van der Waals surface area contributed by atoms with Crippen molar-refractivity contribution in [1.29, 1.82) is 0 Å². The molecule has 0 amide bonds. The van der Waals surface area contributed by atoms with Crippen LogP contribution < -0.4 is 10.2 Å². The van der Waals surface area contributed by atoms with E-state index in [4.69, 9.17) is 0 Å². The fraction of sp³-hybridized carbons (Fsp3) is 0.357. The number of hydrogen-bond donors (Lipinski definition) is 1. The van der Waals surface area contributed by atoms with Gasteiger partial charge in [0.05, 0.1) is 18.4 Å². The molecule has 0 bridgehead atoms. The highest BCUT2D eigenvalue weighted by molar-refractivity contribution is 5.46. The molecule has 2 aromatic rings. The zero-order valence-corrected chi connectivity index (χ0v) is 11.4. The molecule has 0 aliphatic heterocycles. The van der Waals surface area contributed by atoms with E-state index in [1.807, 2.05) is 32.2 Å². The van der Waals surface area contributed by atoms with Crippen molar-refractivity contribution < 1.29 is 0 Å². The molecule has 1 N–H and O–H groups in total. The van der Waals surface area contributed by atoms with Crippen molar-refractivity contribution in [2.24, 2.45) is 7.05 Å². The maximum atomic E-state index is 4.39. The summed E-state index contributed by atoms with van der Waals surface area (Å²) in [6.45, 7) is 2.88. The molecule has 18 heavy (non-hydrogen) atoms. The van der Waals surface area contributed by atoms with Gasteiger partial charge in [0.2, 0.25) is 5.95 Å². The van der Waals surface area contributed by atoms with Gasteiger partial charge in [-0.15, -0.1) is 0 Å². The van der Waals surface area contributed by atoms with Crippen LogP contribution in [0.15, 0.2) is 30.5 Å². The highest BCUT2D eigenvalue weighted by Crippen LogP contribution is 2.14. The molecule has 4 heteroatoms. The van der Waals surface area contributed by atoms with Crippen molar-refractivity contribution in [3.8, 4) is 0 Å². The number of aryl methyl sites for hydroxylation is 1. The fourth-order valence-electron chi connectivity index (χ4n) is 1.96. The Bertz CT molecular complexity index is 528. The Hall–Kier alpha value is -1.97. The summed E-state index contributed by atoms with van der Waals surface area (Å²) in [5, 5.41) is 3.42. The van der Waals surface area contributed by atoms with Crippen molar-refractivity contribution in [1.82, 2.24) is 9.55 Å². The summed E-state index contributed by atoms with van der Waals surface area (Å²) < 4.78 is 2.10. The Morgan fingerprint density at radius 3 is 2.72 bits per heavy atom. The van der Waals surface area contributed by atoms with E-state index >= 15 is 0 Å². The van der Waals surface area contributed by atoms with Gasteiger partial charge < -0.3 is 14.8 Å². The summed E-state index contributed by atoms with van der Waals surface area (Å²) in [5.41, 5.74) is 3.57. The number of imidazole rings is 1. The Labute approximate surface area is 108 Å². The largest absolute Gasteiger partial charge is 0.379 e. The van der Waals surface area contributed by atoms with Gasteiger partial charge in [-0.25, -0.2) is 4.98 Å². The molecule has 0 unspecified atom stereocenters. The lowest BCUT2D eigenvalue weighted by Crippen LogP contribution is -2.15. The number of aromatic nitrogens is 2. The maximum Gasteiger partial charge on any atom is 0.204 e. The van der Waals surface area contributed by atoms with Crippen LogP contribution in [0.1, 0.15) is 11.3 Å². The third-order valence-corrected chi connectivity index (χ3v) is 2.95. The van der Waals surface area contributed by atoms with Gasteiger partial charge in [0.15, 0.2) is 0 Å². The Morgan fingerprint density at radius 2 is 2.11 bits per heavy atom. The van der Waals surface area contributed by atoms with Crippen LogP contribution in [0.25, 0.3) is 0 Å². The van der Waals surface area contributed by atoms with Crippen molar-refractivity contribution in [2.75, 3.05) is 24.3 Å². The second-order valence-electron chi connectivity index (χ2n) is 4.73. The van der Waals surface area contributed by atoms with E-state index in [0.717, 1.165) is 18.2 Å². The van der Waals surface area contributed by atoms with Crippen molar-refractivity contribution in [2.45, 2.75) is 13.5 Å². The summed E-state index contributed by atoms with van der Waals surface area (Å²) >= 11 is 0. The van der Waals surface area contributed by atoms with Gasteiger partial charge in [0.1, 0.15) is 0 Å². The quantitative estimate of drug-likeness (QED) is 0.896. The number of nitrogens with one attached hydrogen (secondary N) is 1. The summed E-state index contributed by atoms with van der Waals surface area (Å²) in [7, 11) is 6.04. The molecule has 0 radical (unpaired) electrons. The van der Waals surface area contributed by atoms with E-state index < -0.39 is 0 Å². The highest BCUT2D eigenvalue weighted by atomic mass is 15.3. The molecule has 0 aliphatic carbocycles. The van der Waals surface area contributed by atoms with Gasteiger partial charge in [-0.1, -0.05) is 12.1 Å².